The minimum atomic E-state index is -3.80. The highest BCUT2D eigenvalue weighted by Gasteiger charge is 2.29. The molecule has 0 fully saturated rings. The number of para-hydroxylation sites is 1. The number of hydrogen-bond acceptors (Lipinski definition) is 4. The number of aromatic nitrogens is 1. The topological polar surface area (TPSA) is 79.4 Å². The summed E-state index contributed by atoms with van der Waals surface area (Å²) < 4.78 is 28.2. The van der Waals surface area contributed by atoms with Crippen LogP contribution >= 0.6 is 11.6 Å². The van der Waals surface area contributed by atoms with Gasteiger partial charge in [-0.1, -0.05) is 54.1 Å². The van der Waals surface area contributed by atoms with Crippen molar-refractivity contribution in [3.05, 3.63) is 101 Å². The third-order valence-electron chi connectivity index (χ3n) is 5.80. The number of benzene rings is 3. The van der Waals surface area contributed by atoms with Crippen molar-refractivity contribution in [1.29, 1.82) is 0 Å². The summed E-state index contributed by atoms with van der Waals surface area (Å²) in [6, 6.07) is 21.2. The molecule has 6 nitrogen and oxygen atoms in total. The first-order chi connectivity index (χ1) is 15.9. The lowest BCUT2D eigenvalue weighted by atomic mass is 10.0. The predicted octanol–water partition coefficient (Wildman–Crippen LogP) is 4.89. The summed E-state index contributed by atoms with van der Waals surface area (Å²) in [5.41, 5.74) is 3.39. The molecule has 4 aromatic rings. The Morgan fingerprint density at radius 3 is 2.61 bits per heavy atom. The normalized spacial score (nSPS) is 14.1. The van der Waals surface area contributed by atoms with Crippen LogP contribution in [-0.2, 0) is 23.0 Å². The fourth-order valence-corrected chi connectivity index (χ4v) is 5.71. The van der Waals surface area contributed by atoms with Crippen molar-refractivity contribution in [3.63, 3.8) is 0 Å². The average molecular weight is 478 g/mol. The fourth-order valence-electron chi connectivity index (χ4n) is 4.06. The van der Waals surface area contributed by atoms with Crippen molar-refractivity contribution in [2.45, 2.75) is 17.9 Å². The molecule has 0 unspecified atom stereocenters. The van der Waals surface area contributed by atoms with Crippen molar-refractivity contribution in [2.75, 3.05) is 11.9 Å². The molecule has 0 radical (unpaired) electrons. The van der Waals surface area contributed by atoms with Crippen LogP contribution in [0.4, 0.5) is 5.69 Å². The van der Waals surface area contributed by atoms with Crippen LogP contribution in [0.15, 0.2) is 83.9 Å². The molecule has 5 rings (SSSR count). The standard InChI is InChI=1S/C25H20ClN3O3S/c26-22-11-10-20(33(31,32)29-14-12-17-5-1-2-6-19(17)16-29)15-21(22)25(30)28-23-9-3-7-18-8-4-13-27-24(18)23/h1-11,13,15H,12,14,16H2,(H,28,30). The number of nitrogens with one attached hydrogen (secondary N) is 1. The van der Waals surface area contributed by atoms with E-state index in [1.54, 1.807) is 12.3 Å². The van der Waals surface area contributed by atoms with Crippen LogP contribution in [0.1, 0.15) is 21.5 Å². The van der Waals surface area contributed by atoms with Crippen molar-refractivity contribution in [1.82, 2.24) is 9.29 Å². The number of carbonyl (C=O) groups excluding carboxylic acids is 1. The highest BCUT2D eigenvalue weighted by atomic mass is 35.5. The van der Waals surface area contributed by atoms with Gasteiger partial charge in [0.25, 0.3) is 5.91 Å². The Kier molecular flexibility index (Phi) is 5.62. The molecular formula is C25H20ClN3O3S. The second kappa shape index (κ2) is 8.59. The Morgan fingerprint density at radius 1 is 0.970 bits per heavy atom. The molecule has 0 spiro atoms. The van der Waals surface area contributed by atoms with Crippen LogP contribution in [-0.4, -0.2) is 30.2 Å². The van der Waals surface area contributed by atoms with Crippen molar-refractivity contribution >= 4 is 44.1 Å². The van der Waals surface area contributed by atoms with Gasteiger partial charge in [0.1, 0.15) is 0 Å². The lowest BCUT2D eigenvalue weighted by Gasteiger charge is -2.28. The lowest BCUT2D eigenvalue weighted by molar-refractivity contribution is 0.102. The summed E-state index contributed by atoms with van der Waals surface area (Å²) >= 11 is 6.29. The van der Waals surface area contributed by atoms with Crippen LogP contribution in [0, 0.1) is 0 Å². The number of anilines is 1. The second-order valence-corrected chi connectivity index (χ2v) is 10.2. The van der Waals surface area contributed by atoms with Crippen LogP contribution in [0.2, 0.25) is 5.02 Å². The van der Waals surface area contributed by atoms with Gasteiger partial charge in [0, 0.05) is 24.7 Å². The Labute approximate surface area is 196 Å². The molecule has 166 valence electrons. The number of nitrogens with zero attached hydrogens (tertiary/aromatic N) is 2. The average Bonchev–Trinajstić information content (AvgIpc) is 2.84. The fraction of sp³-hybridized carbons (Fsp3) is 0.120. The van der Waals surface area contributed by atoms with E-state index in [2.05, 4.69) is 10.3 Å². The summed E-state index contributed by atoms with van der Waals surface area (Å²) in [6.45, 7) is 0.676. The molecule has 33 heavy (non-hydrogen) atoms. The SMILES string of the molecule is O=C(Nc1cccc2cccnc12)c1cc(S(=O)(=O)N2CCc3ccccc3C2)ccc1Cl. The number of carbonyl (C=O) groups is 1. The van der Waals surface area contributed by atoms with E-state index in [1.807, 2.05) is 48.5 Å². The maximum atomic E-state index is 13.4. The van der Waals surface area contributed by atoms with Gasteiger partial charge in [-0.2, -0.15) is 4.31 Å². The molecule has 1 aromatic heterocycles. The van der Waals surface area contributed by atoms with Gasteiger partial charge in [-0.15, -0.1) is 0 Å². The minimum absolute atomic E-state index is 0.0347. The van der Waals surface area contributed by atoms with Gasteiger partial charge in [0.05, 0.1) is 26.7 Å². The molecule has 2 heterocycles. The zero-order valence-corrected chi connectivity index (χ0v) is 19.1. The predicted molar refractivity (Wildman–Crippen MR) is 129 cm³/mol. The number of amides is 1. The summed E-state index contributed by atoms with van der Waals surface area (Å²) in [5, 5.41) is 3.87. The Bertz CT molecular complexity index is 1480. The van der Waals surface area contributed by atoms with E-state index in [9.17, 15) is 13.2 Å². The van der Waals surface area contributed by atoms with Crippen LogP contribution in [0.3, 0.4) is 0 Å². The quantitative estimate of drug-likeness (QED) is 0.454. The molecule has 0 saturated carbocycles. The molecule has 1 aliphatic heterocycles. The van der Waals surface area contributed by atoms with Gasteiger partial charge in [-0.3, -0.25) is 9.78 Å². The first kappa shape index (κ1) is 21.6. The molecular weight excluding hydrogens is 458 g/mol. The molecule has 0 atom stereocenters. The highest BCUT2D eigenvalue weighted by Crippen LogP contribution is 2.28. The van der Waals surface area contributed by atoms with Gasteiger partial charge < -0.3 is 5.32 Å². The number of pyridine rings is 1. The van der Waals surface area contributed by atoms with E-state index in [0.717, 1.165) is 16.5 Å². The zero-order chi connectivity index (χ0) is 23.0. The largest absolute Gasteiger partial charge is 0.320 e. The zero-order valence-electron chi connectivity index (χ0n) is 17.5. The molecule has 1 amide bonds. The van der Waals surface area contributed by atoms with Crippen LogP contribution in [0.5, 0.6) is 0 Å². The van der Waals surface area contributed by atoms with Crippen LogP contribution in [0.25, 0.3) is 10.9 Å². The van der Waals surface area contributed by atoms with Crippen LogP contribution < -0.4 is 5.32 Å². The Balaban J connectivity index is 1.45. The molecule has 0 bridgehead atoms. The molecule has 1 aliphatic rings. The van der Waals surface area contributed by atoms with Crippen molar-refractivity contribution < 1.29 is 13.2 Å². The van der Waals surface area contributed by atoms with Crippen molar-refractivity contribution in [3.8, 4) is 0 Å². The van der Waals surface area contributed by atoms with E-state index in [4.69, 9.17) is 11.6 Å². The van der Waals surface area contributed by atoms with E-state index in [-0.39, 0.29) is 15.5 Å². The second-order valence-electron chi connectivity index (χ2n) is 7.83. The maximum Gasteiger partial charge on any atom is 0.257 e. The molecule has 1 N–H and O–H groups in total. The number of sulfonamides is 1. The maximum absolute atomic E-state index is 13.4. The number of rotatable bonds is 4. The smallest absolute Gasteiger partial charge is 0.257 e. The van der Waals surface area contributed by atoms with E-state index >= 15 is 0 Å². The minimum Gasteiger partial charge on any atom is -0.320 e. The number of hydrogen-bond donors (Lipinski definition) is 1. The molecule has 8 heteroatoms. The third kappa shape index (κ3) is 4.11. The third-order valence-corrected chi connectivity index (χ3v) is 7.97. The van der Waals surface area contributed by atoms with Gasteiger partial charge >= 0.3 is 0 Å². The Hall–Kier alpha value is -3.26. The van der Waals surface area contributed by atoms with Gasteiger partial charge in [-0.25, -0.2) is 8.42 Å². The molecule has 0 saturated heterocycles. The molecule has 3 aromatic carbocycles. The van der Waals surface area contributed by atoms with Gasteiger partial charge in [0.15, 0.2) is 0 Å². The van der Waals surface area contributed by atoms with Gasteiger partial charge in [-0.05, 0) is 47.9 Å². The summed E-state index contributed by atoms with van der Waals surface area (Å²) in [5.74, 6) is -0.501. The monoisotopic (exact) mass is 477 g/mol. The van der Waals surface area contributed by atoms with Crippen molar-refractivity contribution in [2.24, 2.45) is 0 Å². The lowest BCUT2D eigenvalue weighted by Crippen LogP contribution is -2.36. The number of fused-ring (bicyclic) bond motifs is 2. The number of halogens is 1. The van der Waals surface area contributed by atoms with E-state index in [1.165, 1.54) is 22.5 Å². The first-order valence-electron chi connectivity index (χ1n) is 10.4. The summed E-state index contributed by atoms with van der Waals surface area (Å²) in [4.78, 5) is 17.4. The highest BCUT2D eigenvalue weighted by molar-refractivity contribution is 7.89. The Morgan fingerprint density at radius 2 is 1.76 bits per heavy atom. The molecule has 0 aliphatic carbocycles. The first-order valence-corrected chi connectivity index (χ1v) is 12.3. The summed E-state index contributed by atoms with van der Waals surface area (Å²) in [7, 11) is -3.80. The van der Waals surface area contributed by atoms with E-state index in [0.29, 0.717) is 30.7 Å². The summed E-state index contributed by atoms with van der Waals surface area (Å²) in [6.07, 6.45) is 2.29. The van der Waals surface area contributed by atoms with E-state index < -0.39 is 15.9 Å². The van der Waals surface area contributed by atoms with Gasteiger partial charge in [0.2, 0.25) is 10.0 Å².